The van der Waals surface area contributed by atoms with Crippen LogP contribution in [0.2, 0.25) is 5.15 Å². The summed E-state index contributed by atoms with van der Waals surface area (Å²) in [6.45, 7) is 0.699. The molecule has 3 aromatic rings. The molecule has 0 amide bonds. The van der Waals surface area contributed by atoms with Crippen LogP contribution in [0.1, 0.15) is 16.8 Å². The monoisotopic (exact) mass is 316 g/mol. The Morgan fingerprint density at radius 2 is 1.86 bits per heavy atom. The molecule has 0 saturated carbocycles. The van der Waals surface area contributed by atoms with E-state index in [1.54, 1.807) is 17.4 Å². The van der Waals surface area contributed by atoms with Crippen LogP contribution in [0, 0.1) is 0 Å². The van der Waals surface area contributed by atoms with Crippen molar-refractivity contribution >= 4 is 28.8 Å². The molecule has 4 nitrogen and oxygen atoms in total. The summed E-state index contributed by atoms with van der Waals surface area (Å²) in [6, 6.07) is 10.2. The molecule has 106 valence electrons. The van der Waals surface area contributed by atoms with Crippen LogP contribution in [0.15, 0.2) is 47.5 Å². The molecule has 0 aliphatic carbocycles. The highest BCUT2D eigenvalue weighted by Crippen LogP contribution is 2.13. The number of rotatable bonds is 5. The molecule has 3 rings (SSSR count). The van der Waals surface area contributed by atoms with Crippen LogP contribution in [0.25, 0.3) is 0 Å². The number of halogens is 1. The maximum absolute atomic E-state index is 5.82. The Labute approximate surface area is 131 Å². The van der Waals surface area contributed by atoms with Crippen LogP contribution in [0.3, 0.4) is 0 Å². The van der Waals surface area contributed by atoms with Crippen molar-refractivity contribution in [2.24, 2.45) is 0 Å². The van der Waals surface area contributed by atoms with Gasteiger partial charge in [-0.1, -0.05) is 35.9 Å². The van der Waals surface area contributed by atoms with E-state index in [4.69, 9.17) is 11.6 Å². The van der Waals surface area contributed by atoms with Crippen molar-refractivity contribution in [3.05, 3.63) is 69.5 Å². The molecule has 2 aromatic heterocycles. The highest BCUT2D eigenvalue weighted by molar-refractivity contribution is 7.07. The summed E-state index contributed by atoms with van der Waals surface area (Å²) in [6.07, 6.45) is 2.32. The summed E-state index contributed by atoms with van der Waals surface area (Å²) in [4.78, 5) is 12.3. The molecule has 0 unspecified atom stereocenters. The summed E-state index contributed by atoms with van der Waals surface area (Å²) >= 11 is 7.44. The van der Waals surface area contributed by atoms with Gasteiger partial charge in [0, 0.05) is 24.4 Å². The van der Waals surface area contributed by atoms with Crippen LogP contribution in [-0.4, -0.2) is 15.0 Å². The molecule has 2 heterocycles. The van der Waals surface area contributed by atoms with E-state index in [2.05, 4.69) is 49.9 Å². The zero-order chi connectivity index (χ0) is 14.5. The Balaban J connectivity index is 1.59. The van der Waals surface area contributed by atoms with E-state index in [1.807, 2.05) is 5.51 Å². The van der Waals surface area contributed by atoms with Crippen molar-refractivity contribution in [2.45, 2.75) is 13.0 Å². The van der Waals surface area contributed by atoms with E-state index >= 15 is 0 Å². The number of anilines is 1. The van der Waals surface area contributed by atoms with E-state index in [9.17, 15) is 0 Å². The van der Waals surface area contributed by atoms with E-state index < -0.39 is 0 Å². The summed E-state index contributed by atoms with van der Waals surface area (Å²) < 4.78 is 0. The zero-order valence-electron chi connectivity index (χ0n) is 11.2. The second-order valence-electron chi connectivity index (χ2n) is 4.55. The normalized spacial score (nSPS) is 10.5. The highest BCUT2D eigenvalue weighted by atomic mass is 35.5. The lowest BCUT2D eigenvalue weighted by Gasteiger charge is -2.06. The van der Waals surface area contributed by atoms with Gasteiger partial charge in [0.1, 0.15) is 17.3 Å². The van der Waals surface area contributed by atoms with Gasteiger partial charge in [-0.05, 0) is 11.1 Å². The largest absolute Gasteiger partial charge is 0.366 e. The zero-order valence-corrected chi connectivity index (χ0v) is 12.7. The van der Waals surface area contributed by atoms with Gasteiger partial charge in [0.05, 0.1) is 11.2 Å². The van der Waals surface area contributed by atoms with Gasteiger partial charge in [-0.15, -0.1) is 11.3 Å². The standard InChI is InChI=1S/C15H13ClN4S/c16-14-6-15(19-9-18-14)17-7-12-3-1-11(2-4-12)5-13-8-21-10-20-13/h1-4,6,8-10H,5,7H2,(H,17,18,19). The molecule has 1 N–H and O–H groups in total. The molecule has 0 aliphatic heterocycles. The van der Waals surface area contributed by atoms with Gasteiger partial charge < -0.3 is 5.32 Å². The van der Waals surface area contributed by atoms with Crippen molar-refractivity contribution < 1.29 is 0 Å². The minimum Gasteiger partial charge on any atom is -0.366 e. The molecule has 21 heavy (non-hydrogen) atoms. The average molecular weight is 317 g/mol. The Kier molecular flexibility index (Phi) is 4.43. The van der Waals surface area contributed by atoms with Crippen molar-refractivity contribution in [1.82, 2.24) is 15.0 Å². The third kappa shape index (κ3) is 4.00. The fourth-order valence-electron chi connectivity index (χ4n) is 1.93. The molecular weight excluding hydrogens is 304 g/mol. The topological polar surface area (TPSA) is 50.7 Å². The predicted octanol–water partition coefficient (Wildman–Crippen LogP) is 3.79. The van der Waals surface area contributed by atoms with E-state index in [0.717, 1.165) is 17.9 Å². The number of hydrogen-bond acceptors (Lipinski definition) is 5. The Morgan fingerprint density at radius 3 is 2.57 bits per heavy atom. The third-order valence-corrected chi connectivity index (χ3v) is 3.84. The second kappa shape index (κ2) is 6.65. The fourth-order valence-corrected chi connectivity index (χ4v) is 2.64. The molecular formula is C15H13ClN4S. The average Bonchev–Trinajstić information content (AvgIpc) is 3.00. The summed E-state index contributed by atoms with van der Waals surface area (Å²) in [5.74, 6) is 0.724. The van der Waals surface area contributed by atoms with Crippen LogP contribution in [0.5, 0.6) is 0 Å². The van der Waals surface area contributed by atoms with Gasteiger partial charge in [-0.25, -0.2) is 15.0 Å². The van der Waals surface area contributed by atoms with E-state index in [0.29, 0.717) is 11.7 Å². The van der Waals surface area contributed by atoms with Crippen LogP contribution < -0.4 is 5.32 Å². The molecule has 1 aromatic carbocycles. The number of nitrogens with zero attached hydrogens (tertiary/aromatic N) is 3. The lowest BCUT2D eigenvalue weighted by atomic mass is 10.1. The predicted molar refractivity (Wildman–Crippen MR) is 85.7 cm³/mol. The molecule has 0 radical (unpaired) electrons. The van der Waals surface area contributed by atoms with E-state index in [-0.39, 0.29) is 0 Å². The van der Waals surface area contributed by atoms with E-state index in [1.165, 1.54) is 17.5 Å². The maximum atomic E-state index is 5.82. The van der Waals surface area contributed by atoms with Gasteiger partial charge in [0.15, 0.2) is 0 Å². The Bertz CT molecular complexity index is 698. The molecule has 0 fully saturated rings. The first-order chi connectivity index (χ1) is 10.3. The van der Waals surface area contributed by atoms with Crippen LogP contribution in [0.4, 0.5) is 5.82 Å². The summed E-state index contributed by atoms with van der Waals surface area (Å²) in [7, 11) is 0. The molecule has 0 bridgehead atoms. The lowest BCUT2D eigenvalue weighted by molar-refractivity contribution is 1.07. The number of aromatic nitrogens is 3. The summed E-state index contributed by atoms with van der Waals surface area (Å²) in [5, 5.41) is 5.73. The van der Waals surface area contributed by atoms with Crippen molar-refractivity contribution in [3.63, 3.8) is 0 Å². The number of thiazole rings is 1. The highest BCUT2D eigenvalue weighted by Gasteiger charge is 2.00. The molecule has 0 saturated heterocycles. The quantitative estimate of drug-likeness (QED) is 0.728. The summed E-state index contributed by atoms with van der Waals surface area (Å²) in [5.41, 5.74) is 5.42. The van der Waals surface area contributed by atoms with Crippen molar-refractivity contribution in [3.8, 4) is 0 Å². The number of nitrogens with one attached hydrogen (secondary N) is 1. The van der Waals surface area contributed by atoms with Gasteiger partial charge in [-0.2, -0.15) is 0 Å². The van der Waals surface area contributed by atoms with Crippen LogP contribution >= 0.6 is 22.9 Å². The molecule has 0 spiro atoms. The fraction of sp³-hybridized carbons (Fsp3) is 0.133. The Hall–Kier alpha value is -1.98. The first-order valence-corrected chi connectivity index (χ1v) is 7.78. The maximum Gasteiger partial charge on any atom is 0.134 e. The van der Waals surface area contributed by atoms with Gasteiger partial charge in [0.2, 0.25) is 0 Å². The number of benzene rings is 1. The minimum atomic E-state index is 0.436. The smallest absolute Gasteiger partial charge is 0.134 e. The van der Waals surface area contributed by atoms with Crippen molar-refractivity contribution in [1.29, 1.82) is 0 Å². The molecule has 6 heteroatoms. The first kappa shape index (κ1) is 14.0. The molecule has 0 atom stereocenters. The molecule has 0 aliphatic rings. The Morgan fingerprint density at radius 1 is 1.05 bits per heavy atom. The first-order valence-electron chi connectivity index (χ1n) is 6.46. The number of hydrogen-bond donors (Lipinski definition) is 1. The lowest BCUT2D eigenvalue weighted by Crippen LogP contribution is -2.01. The SMILES string of the molecule is Clc1cc(NCc2ccc(Cc3cscn3)cc2)ncn1. The van der Waals surface area contributed by atoms with Crippen LogP contribution in [-0.2, 0) is 13.0 Å². The minimum absolute atomic E-state index is 0.436. The van der Waals surface area contributed by atoms with Gasteiger partial charge in [-0.3, -0.25) is 0 Å². The van der Waals surface area contributed by atoms with Gasteiger partial charge in [0.25, 0.3) is 0 Å². The second-order valence-corrected chi connectivity index (χ2v) is 5.66. The third-order valence-electron chi connectivity index (χ3n) is 3.00. The van der Waals surface area contributed by atoms with Gasteiger partial charge >= 0.3 is 0 Å². The van der Waals surface area contributed by atoms with Crippen molar-refractivity contribution in [2.75, 3.05) is 5.32 Å².